The second-order valence-electron chi connectivity index (χ2n) is 1.88. The number of hydrogen-bond donors (Lipinski definition) is 0. The molecule has 1 heterocycles. The van der Waals surface area contributed by atoms with E-state index in [9.17, 15) is 5.21 Å². The average Bonchev–Trinajstić information content (AvgIpc) is 1.95. The number of hydrogen-bond acceptors (Lipinski definition) is 2. The molecule has 0 aliphatic heterocycles. The van der Waals surface area contributed by atoms with Gasteiger partial charge in [0.25, 0.3) is 0 Å². The topological polar surface area (TPSA) is 36.2 Å². The summed E-state index contributed by atoms with van der Waals surface area (Å²) in [7, 11) is 1.55. The second kappa shape index (κ2) is 2.56. The van der Waals surface area contributed by atoms with Gasteiger partial charge in [0.2, 0.25) is 0 Å². The molecule has 0 saturated carbocycles. The predicted molar refractivity (Wildman–Crippen MR) is 36.4 cm³/mol. The Morgan fingerprint density at radius 1 is 1.70 bits per heavy atom. The lowest BCUT2D eigenvalue weighted by atomic mass is 10.3. The van der Waals surface area contributed by atoms with Gasteiger partial charge in [-0.1, -0.05) is 0 Å². The van der Waals surface area contributed by atoms with Gasteiger partial charge in [0.15, 0.2) is 11.9 Å². The van der Waals surface area contributed by atoms with Crippen molar-refractivity contribution in [2.75, 3.05) is 7.11 Å². The summed E-state index contributed by atoms with van der Waals surface area (Å²) in [5, 5.41) is 10.7. The minimum Gasteiger partial charge on any atom is -0.618 e. The van der Waals surface area contributed by atoms with Crippen LogP contribution < -0.4 is 9.47 Å². The van der Waals surface area contributed by atoms with E-state index in [1.165, 1.54) is 6.20 Å². The monoisotopic (exact) mass is 138 g/mol. The van der Waals surface area contributed by atoms with Crippen LogP contribution in [0.3, 0.4) is 0 Å². The molecule has 1 rings (SSSR count). The van der Waals surface area contributed by atoms with E-state index in [-0.39, 0.29) is 0 Å². The molecule has 0 amide bonds. The Hall–Kier alpha value is -1.25. The van der Waals surface area contributed by atoms with Gasteiger partial charge in [0.05, 0.1) is 7.11 Å². The van der Waals surface area contributed by atoms with E-state index in [1.807, 2.05) is 0 Å². The lowest BCUT2D eigenvalue weighted by Gasteiger charge is -2.01. The molecule has 1 radical (unpaired) electrons. The SMILES string of the molecule is [CH2]c1cc(OC)cc[n+]1[O-]. The van der Waals surface area contributed by atoms with Crippen LogP contribution in [-0.2, 0) is 0 Å². The van der Waals surface area contributed by atoms with Gasteiger partial charge in [-0.2, -0.15) is 4.73 Å². The van der Waals surface area contributed by atoms with Gasteiger partial charge < -0.3 is 9.94 Å². The molecule has 0 aliphatic rings. The molecule has 3 nitrogen and oxygen atoms in total. The van der Waals surface area contributed by atoms with Crippen LogP contribution in [0.5, 0.6) is 5.75 Å². The van der Waals surface area contributed by atoms with E-state index < -0.39 is 0 Å². The normalized spacial score (nSPS) is 9.40. The molecular weight excluding hydrogens is 130 g/mol. The third kappa shape index (κ3) is 1.18. The molecule has 0 bridgehead atoms. The van der Waals surface area contributed by atoms with Crippen molar-refractivity contribution in [3.8, 4) is 5.75 Å². The largest absolute Gasteiger partial charge is 0.618 e. The number of ether oxygens (including phenoxy) is 1. The Morgan fingerprint density at radius 3 is 2.90 bits per heavy atom. The van der Waals surface area contributed by atoms with E-state index >= 15 is 0 Å². The van der Waals surface area contributed by atoms with Crippen molar-refractivity contribution in [2.45, 2.75) is 0 Å². The zero-order valence-corrected chi connectivity index (χ0v) is 5.70. The third-order valence-electron chi connectivity index (χ3n) is 1.20. The number of pyridine rings is 1. The highest BCUT2D eigenvalue weighted by Gasteiger charge is 1.98. The van der Waals surface area contributed by atoms with Crippen molar-refractivity contribution in [1.29, 1.82) is 0 Å². The van der Waals surface area contributed by atoms with Gasteiger partial charge >= 0.3 is 0 Å². The van der Waals surface area contributed by atoms with Gasteiger partial charge in [-0.05, 0) is 0 Å². The summed E-state index contributed by atoms with van der Waals surface area (Å²) in [5.74, 6) is 0.650. The van der Waals surface area contributed by atoms with Crippen molar-refractivity contribution in [3.05, 3.63) is 36.2 Å². The van der Waals surface area contributed by atoms with Crippen LogP contribution in [-0.4, -0.2) is 7.11 Å². The van der Waals surface area contributed by atoms with Crippen LogP contribution in [0.2, 0.25) is 0 Å². The summed E-state index contributed by atoms with van der Waals surface area (Å²) in [5.41, 5.74) is 0.388. The Balaban J connectivity index is 3.04. The minimum atomic E-state index is 0.388. The number of methoxy groups -OCH3 is 1. The molecule has 0 unspecified atom stereocenters. The summed E-state index contributed by atoms with van der Waals surface area (Å²) in [4.78, 5) is 0. The van der Waals surface area contributed by atoms with Crippen molar-refractivity contribution in [1.82, 2.24) is 0 Å². The fourth-order valence-electron chi connectivity index (χ4n) is 0.640. The zero-order valence-electron chi connectivity index (χ0n) is 5.70. The maximum absolute atomic E-state index is 10.7. The van der Waals surface area contributed by atoms with Gasteiger partial charge in [0.1, 0.15) is 5.75 Å². The first kappa shape index (κ1) is 6.86. The quantitative estimate of drug-likeness (QED) is 0.418. The average molecular weight is 138 g/mol. The smallest absolute Gasteiger partial charge is 0.197 e. The molecule has 1 aromatic heterocycles. The van der Waals surface area contributed by atoms with E-state index in [1.54, 1.807) is 19.2 Å². The molecule has 0 saturated heterocycles. The highest BCUT2D eigenvalue weighted by Crippen LogP contribution is 2.06. The zero-order chi connectivity index (χ0) is 7.56. The van der Waals surface area contributed by atoms with Crippen molar-refractivity contribution < 1.29 is 9.47 Å². The summed E-state index contributed by atoms with van der Waals surface area (Å²) in [6.07, 6.45) is 1.36. The van der Waals surface area contributed by atoms with Crippen LogP contribution in [0.1, 0.15) is 5.69 Å². The van der Waals surface area contributed by atoms with Crippen LogP contribution in [0.15, 0.2) is 18.3 Å². The van der Waals surface area contributed by atoms with Crippen LogP contribution in [0.25, 0.3) is 0 Å². The fourth-order valence-corrected chi connectivity index (χ4v) is 0.640. The summed E-state index contributed by atoms with van der Waals surface area (Å²) < 4.78 is 5.54. The molecule has 0 atom stereocenters. The molecule has 3 heteroatoms. The van der Waals surface area contributed by atoms with Crippen LogP contribution >= 0.6 is 0 Å². The maximum atomic E-state index is 10.7. The van der Waals surface area contributed by atoms with E-state index in [0.717, 1.165) is 0 Å². The molecule has 0 N–H and O–H groups in total. The van der Waals surface area contributed by atoms with E-state index in [2.05, 4.69) is 6.92 Å². The fraction of sp³-hybridized carbons (Fsp3) is 0.143. The van der Waals surface area contributed by atoms with Crippen LogP contribution in [0, 0.1) is 12.1 Å². The Labute approximate surface area is 59.5 Å². The van der Waals surface area contributed by atoms with E-state index in [4.69, 9.17) is 4.74 Å². The number of nitrogens with zero attached hydrogens (tertiary/aromatic N) is 1. The second-order valence-corrected chi connectivity index (χ2v) is 1.88. The Morgan fingerprint density at radius 2 is 2.40 bits per heavy atom. The standard InChI is InChI=1S/C7H8NO2/c1-6-5-7(10-2)3-4-8(6)9/h3-5H,1H2,2H3. The maximum Gasteiger partial charge on any atom is 0.197 e. The lowest BCUT2D eigenvalue weighted by Crippen LogP contribution is -2.28. The van der Waals surface area contributed by atoms with Crippen molar-refractivity contribution in [2.24, 2.45) is 0 Å². The van der Waals surface area contributed by atoms with Crippen molar-refractivity contribution in [3.63, 3.8) is 0 Å². The highest BCUT2D eigenvalue weighted by molar-refractivity contribution is 5.20. The summed E-state index contributed by atoms with van der Waals surface area (Å²) >= 11 is 0. The minimum absolute atomic E-state index is 0.388. The van der Waals surface area contributed by atoms with Gasteiger partial charge in [-0.25, -0.2) is 0 Å². The van der Waals surface area contributed by atoms with Gasteiger partial charge in [-0.15, -0.1) is 0 Å². The van der Waals surface area contributed by atoms with E-state index in [0.29, 0.717) is 16.2 Å². The molecule has 0 aliphatic carbocycles. The molecule has 0 aromatic carbocycles. The summed E-state index contributed by atoms with van der Waals surface area (Å²) in [6, 6.07) is 3.16. The first-order chi connectivity index (χ1) is 4.74. The van der Waals surface area contributed by atoms with Crippen LogP contribution in [0.4, 0.5) is 0 Å². The summed E-state index contributed by atoms with van der Waals surface area (Å²) in [6.45, 7) is 3.50. The Bertz CT molecular complexity index is 235. The number of rotatable bonds is 1. The molecule has 0 spiro atoms. The molecule has 53 valence electrons. The Kier molecular flexibility index (Phi) is 1.76. The third-order valence-corrected chi connectivity index (χ3v) is 1.20. The van der Waals surface area contributed by atoms with Crippen molar-refractivity contribution >= 4 is 0 Å². The molecule has 10 heavy (non-hydrogen) atoms. The first-order valence-electron chi connectivity index (χ1n) is 2.83. The molecular formula is C7H8NO2. The molecule has 0 fully saturated rings. The lowest BCUT2D eigenvalue weighted by molar-refractivity contribution is -0.609. The predicted octanol–water partition coefficient (Wildman–Crippen LogP) is 0.511. The van der Waals surface area contributed by atoms with Gasteiger partial charge in [0, 0.05) is 19.1 Å². The molecule has 1 aromatic rings. The number of aromatic nitrogens is 1. The first-order valence-corrected chi connectivity index (χ1v) is 2.83. The highest BCUT2D eigenvalue weighted by atomic mass is 16.5. The van der Waals surface area contributed by atoms with Gasteiger partial charge in [-0.3, -0.25) is 0 Å².